The lowest BCUT2D eigenvalue weighted by atomic mass is 9.88. The summed E-state index contributed by atoms with van der Waals surface area (Å²) in [4.78, 5) is 40.4. The second-order valence-corrected chi connectivity index (χ2v) is 9.65. The maximum atomic E-state index is 13.2. The van der Waals surface area contributed by atoms with Gasteiger partial charge in [-0.2, -0.15) is 0 Å². The van der Waals surface area contributed by atoms with E-state index in [1.807, 2.05) is 35.2 Å². The number of nitrogens with one attached hydrogen (secondary N) is 2. The quantitative estimate of drug-likeness (QED) is 0.633. The first kappa shape index (κ1) is 24.9. The molecule has 1 saturated carbocycles. The Balaban J connectivity index is 1.30. The highest BCUT2D eigenvalue weighted by Gasteiger charge is 2.33. The summed E-state index contributed by atoms with van der Waals surface area (Å²) in [5.41, 5.74) is 1.54. The Morgan fingerprint density at radius 2 is 1.54 bits per heavy atom. The van der Waals surface area contributed by atoms with Crippen molar-refractivity contribution in [3.05, 3.63) is 71.5 Å². The van der Waals surface area contributed by atoms with Gasteiger partial charge in [0.25, 0.3) is 5.91 Å². The van der Waals surface area contributed by atoms with Gasteiger partial charge in [0.05, 0.1) is 5.92 Å². The summed E-state index contributed by atoms with van der Waals surface area (Å²) in [6.45, 7) is 1.13. The number of hydrogen-bond donors (Lipinski definition) is 2. The fourth-order valence-corrected chi connectivity index (χ4v) is 5.10. The lowest BCUT2D eigenvalue weighted by molar-refractivity contribution is -0.136. The van der Waals surface area contributed by atoms with E-state index in [-0.39, 0.29) is 41.5 Å². The number of nitrogens with zero attached hydrogens (tertiary/aromatic N) is 1. The Labute approximate surface area is 206 Å². The summed E-state index contributed by atoms with van der Waals surface area (Å²) >= 11 is 0. The number of aryl methyl sites for hydroxylation is 1. The van der Waals surface area contributed by atoms with Crippen LogP contribution in [0.15, 0.2) is 54.6 Å². The van der Waals surface area contributed by atoms with Crippen LogP contribution in [0, 0.1) is 11.7 Å². The van der Waals surface area contributed by atoms with Gasteiger partial charge in [0.2, 0.25) is 11.8 Å². The van der Waals surface area contributed by atoms with E-state index in [0.29, 0.717) is 31.5 Å². The highest BCUT2D eigenvalue weighted by Crippen LogP contribution is 2.22. The third-order valence-corrected chi connectivity index (χ3v) is 7.13. The fraction of sp³-hybridized carbons (Fsp3) is 0.464. The molecule has 2 N–H and O–H groups in total. The third kappa shape index (κ3) is 6.90. The maximum Gasteiger partial charge on any atom is 0.251 e. The first-order chi connectivity index (χ1) is 17.0. The molecule has 0 spiro atoms. The second-order valence-electron chi connectivity index (χ2n) is 9.65. The lowest BCUT2D eigenvalue weighted by Gasteiger charge is -2.36. The second kappa shape index (κ2) is 12.0. The van der Waals surface area contributed by atoms with Gasteiger partial charge < -0.3 is 15.5 Å². The van der Waals surface area contributed by atoms with E-state index in [2.05, 4.69) is 10.6 Å². The predicted molar refractivity (Wildman–Crippen MR) is 132 cm³/mol. The molecule has 35 heavy (non-hydrogen) atoms. The number of amides is 3. The number of halogens is 1. The topological polar surface area (TPSA) is 78.5 Å². The van der Waals surface area contributed by atoms with Crippen molar-refractivity contribution in [2.75, 3.05) is 13.1 Å². The van der Waals surface area contributed by atoms with Crippen LogP contribution in [0.4, 0.5) is 4.39 Å². The highest BCUT2D eigenvalue weighted by molar-refractivity contribution is 5.94. The van der Waals surface area contributed by atoms with E-state index in [1.165, 1.54) is 24.3 Å². The third-order valence-electron chi connectivity index (χ3n) is 7.13. The molecule has 1 heterocycles. The number of rotatable bonds is 7. The van der Waals surface area contributed by atoms with Gasteiger partial charge in [0, 0.05) is 37.2 Å². The van der Waals surface area contributed by atoms with Crippen molar-refractivity contribution in [3.8, 4) is 0 Å². The smallest absolute Gasteiger partial charge is 0.251 e. The Hall–Kier alpha value is -3.22. The van der Waals surface area contributed by atoms with Gasteiger partial charge in [-0.3, -0.25) is 14.4 Å². The minimum absolute atomic E-state index is 0.0431. The van der Waals surface area contributed by atoms with Crippen LogP contribution in [0.1, 0.15) is 60.9 Å². The average Bonchev–Trinajstić information content (AvgIpc) is 2.89. The molecule has 2 aliphatic rings. The largest absolute Gasteiger partial charge is 0.351 e. The molecule has 0 radical (unpaired) electrons. The molecular weight excluding hydrogens is 445 g/mol. The van der Waals surface area contributed by atoms with Crippen LogP contribution < -0.4 is 10.6 Å². The average molecular weight is 480 g/mol. The minimum Gasteiger partial charge on any atom is -0.351 e. The van der Waals surface area contributed by atoms with Crippen LogP contribution in [0.3, 0.4) is 0 Å². The van der Waals surface area contributed by atoms with E-state index in [1.54, 1.807) is 0 Å². The molecular formula is C28H34FN3O3. The Morgan fingerprint density at radius 3 is 2.26 bits per heavy atom. The summed E-state index contributed by atoms with van der Waals surface area (Å²) in [5.74, 6) is -0.833. The molecule has 0 bridgehead atoms. The number of likely N-dealkylation sites (tertiary alicyclic amines) is 1. The van der Waals surface area contributed by atoms with Crippen molar-refractivity contribution >= 4 is 17.7 Å². The number of piperidine rings is 1. The van der Waals surface area contributed by atoms with Gasteiger partial charge in [-0.25, -0.2) is 4.39 Å². The maximum absolute atomic E-state index is 13.2. The van der Waals surface area contributed by atoms with E-state index < -0.39 is 0 Å². The van der Waals surface area contributed by atoms with Crippen molar-refractivity contribution in [2.45, 2.75) is 63.5 Å². The molecule has 1 saturated heterocycles. The Bertz CT molecular complexity index is 1010. The van der Waals surface area contributed by atoms with Crippen LogP contribution >= 0.6 is 0 Å². The Kier molecular flexibility index (Phi) is 8.50. The molecule has 3 atom stereocenters. The normalized spacial score (nSPS) is 22.3. The Morgan fingerprint density at radius 1 is 0.857 bits per heavy atom. The number of carbonyl (C=O) groups is 3. The van der Waals surface area contributed by atoms with Gasteiger partial charge in [0.15, 0.2) is 0 Å². The summed E-state index contributed by atoms with van der Waals surface area (Å²) in [6.07, 6.45) is 6.26. The van der Waals surface area contributed by atoms with Gasteiger partial charge in [-0.05, 0) is 61.9 Å². The SMILES string of the molecule is O=C(N[C@@H]1CCCC[C@H]1NC(=O)[C@H]1CCCN(C(=O)CCc2ccccc2)C1)c1ccc(F)cc1. The summed E-state index contributed by atoms with van der Waals surface area (Å²) in [6, 6.07) is 15.1. The van der Waals surface area contributed by atoms with E-state index in [0.717, 1.165) is 44.1 Å². The van der Waals surface area contributed by atoms with Crippen LogP contribution in [0.5, 0.6) is 0 Å². The fourth-order valence-electron chi connectivity index (χ4n) is 5.10. The van der Waals surface area contributed by atoms with Crippen molar-refractivity contribution in [2.24, 2.45) is 5.92 Å². The molecule has 6 nitrogen and oxygen atoms in total. The molecule has 2 fully saturated rings. The van der Waals surface area contributed by atoms with Gasteiger partial charge in [-0.1, -0.05) is 43.2 Å². The van der Waals surface area contributed by atoms with E-state index in [4.69, 9.17) is 0 Å². The molecule has 1 aliphatic carbocycles. The molecule has 2 aromatic carbocycles. The van der Waals surface area contributed by atoms with E-state index >= 15 is 0 Å². The van der Waals surface area contributed by atoms with Crippen LogP contribution in [-0.4, -0.2) is 47.8 Å². The van der Waals surface area contributed by atoms with Gasteiger partial charge in [0.1, 0.15) is 5.82 Å². The van der Waals surface area contributed by atoms with Crippen molar-refractivity contribution in [1.29, 1.82) is 0 Å². The van der Waals surface area contributed by atoms with Gasteiger partial charge >= 0.3 is 0 Å². The molecule has 0 aromatic heterocycles. The monoisotopic (exact) mass is 479 g/mol. The molecule has 3 amide bonds. The summed E-state index contributed by atoms with van der Waals surface area (Å²) < 4.78 is 13.2. The molecule has 0 unspecified atom stereocenters. The van der Waals surface area contributed by atoms with Crippen LogP contribution in [-0.2, 0) is 16.0 Å². The zero-order valence-corrected chi connectivity index (χ0v) is 20.0. The predicted octanol–water partition coefficient (Wildman–Crippen LogP) is 3.85. The minimum atomic E-state index is -0.385. The number of hydrogen-bond acceptors (Lipinski definition) is 3. The summed E-state index contributed by atoms with van der Waals surface area (Å²) in [7, 11) is 0. The number of carbonyl (C=O) groups excluding carboxylic acids is 3. The van der Waals surface area contributed by atoms with E-state index in [9.17, 15) is 18.8 Å². The van der Waals surface area contributed by atoms with Crippen molar-refractivity contribution < 1.29 is 18.8 Å². The molecule has 1 aliphatic heterocycles. The number of benzene rings is 2. The van der Waals surface area contributed by atoms with Crippen LogP contribution in [0.25, 0.3) is 0 Å². The standard InChI is InChI=1S/C28H34FN3O3/c29-23-15-13-21(14-16-23)27(34)30-24-10-4-5-11-25(24)31-28(35)22-9-6-18-32(19-22)26(33)17-12-20-7-2-1-3-8-20/h1-3,7-8,13-16,22,24-25H,4-6,9-12,17-19H2,(H,30,34)(H,31,35)/t22-,24+,25+/m0/s1. The van der Waals surface area contributed by atoms with Gasteiger partial charge in [-0.15, -0.1) is 0 Å². The summed E-state index contributed by atoms with van der Waals surface area (Å²) in [5, 5.41) is 6.20. The van der Waals surface area contributed by atoms with Crippen molar-refractivity contribution in [1.82, 2.24) is 15.5 Å². The first-order valence-corrected chi connectivity index (χ1v) is 12.7. The first-order valence-electron chi connectivity index (χ1n) is 12.7. The van der Waals surface area contributed by atoms with Crippen molar-refractivity contribution in [3.63, 3.8) is 0 Å². The zero-order valence-electron chi connectivity index (χ0n) is 20.0. The zero-order chi connectivity index (χ0) is 24.6. The lowest BCUT2D eigenvalue weighted by Crippen LogP contribution is -2.55. The molecule has 186 valence electrons. The molecule has 2 aromatic rings. The molecule has 7 heteroatoms. The van der Waals surface area contributed by atoms with Crippen LogP contribution in [0.2, 0.25) is 0 Å². The highest BCUT2D eigenvalue weighted by atomic mass is 19.1. The molecule has 4 rings (SSSR count).